The van der Waals surface area contributed by atoms with Crippen molar-refractivity contribution in [3.05, 3.63) is 59.7 Å². The van der Waals surface area contributed by atoms with Gasteiger partial charge in [-0.2, -0.15) is 0 Å². The number of rotatable bonds is 14. The Hall–Kier alpha value is -4.44. The molecule has 59 heavy (non-hydrogen) atoms. The highest BCUT2D eigenvalue weighted by molar-refractivity contribution is 8.00. The van der Waals surface area contributed by atoms with E-state index in [0.29, 0.717) is 49.4 Å². The lowest BCUT2D eigenvalue weighted by Crippen LogP contribution is -2.58. The summed E-state index contributed by atoms with van der Waals surface area (Å²) in [5, 5.41) is 15.7. The number of carbonyl (C=O) groups excluding carboxylic acids is 6. The van der Waals surface area contributed by atoms with Crippen LogP contribution in [0.1, 0.15) is 75.3 Å². The zero-order chi connectivity index (χ0) is 42.1. The number of hydrogen-bond acceptors (Lipinski definition) is 12. The van der Waals surface area contributed by atoms with E-state index in [0.717, 1.165) is 36.8 Å². The van der Waals surface area contributed by atoms with E-state index in [1.54, 1.807) is 64.7 Å². The number of aromatic hydroxyl groups is 1. The molecule has 4 fully saturated rings. The Balaban J connectivity index is 1.23. The first-order valence-corrected chi connectivity index (χ1v) is 22.7. The van der Waals surface area contributed by atoms with E-state index in [1.807, 2.05) is 24.3 Å². The summed E-state index contributed by atoms with van der Waals surface area (Å²) in [4.78, 5) is 85.8. The fraction of sp³-hybridized carbons (Fsp3) is 0.581. The number of nitrogens with zero attached hydrogens (tertiary/aromatic N) is 2. The van der Waals surface area contributed by atoms with Gasteiger partial charge in [-0.15, -0.1) is 23.5 Å². The quantitative estimate of drug-likeness (QED) is 0.231. The van der Waals surface area contributed by atoms with Crippen LogP contribution < -0.4 is 15.4 Å². The first-order valence-electron chi connectivity index (χ1n) is 20.6. The van der Waals surface area contributed by atoms with Gasteiger partial charge in [-0.25, -0.2) is 9.59 Å². The van der Waals surface area contributed by atoms with Crippen molar-refractivity contribution in [1.29, 1.82) is 0 Å². The van der Waals surface area contributed by atoms with Gasteiger partial charge in [0.25, 0.3) is 0 Å². The first-order chi connectivity index (χ1) is 28.5. The number of methoxy groups -OCH3 is 3. The van der Waals surface area contributed by atoms with Crippen molar-refractivity contribution in [3.63, 3.8) is 0 Å². The number of hydrogen-bond donors (Lipinski definition) is 3. The zero-order valence-electron chi connectivity index (χ0n) is 34.0. The number of thioether (sulfide) groups is 2. The lowest BCUT2D eigenvalue weighted by Gasteiger charge is -2.40. The van der Waals surface area contributed by atoms with Crippen molar-refractivity contribution in [1.82, 2.24) is 20.4 Å². The number of benzene rings is 2. The summed E-state index contributed by atoms with van der Waals surface area (Å²) in [7, 11) is 4.21. The van der Waals surface area contributed by atoms with Crippen LogP contribution in [0.5, 0.6) is 11.5 Å². The summed E-state index contributed by atoms with van der Waals surface area (Å²) in [6.45, 7) is 0. The second kappa shape index (κ2) is 20.7. The fourth-order valence-corrected chi connectivity index (χ4v) is 11.5. The smallest absolute Gasteiger partial charge is 0.328 e. The molecule has 16 heteroatoms. The van der Waals surface area contributed by atoms with Crippen LogP contribution in [0.2, 0.25) is 0 Å². The normalized spacial score (nSPS) is 25.5. The van der Waals surface area contributed by atoms with E-state index in [9.17, 15) is 33.9 Å². The highest BCUT2D eigenvalue weighted by atomic mass is 32.2. The number of carbonyl (C=O) groups is 6. The molecule has 0 spiro atoms. The summed E-state index contributed by atoms with van der Waals surface area (Å²) in [5.74, 6) is -1.54. The van der Waals surface area contributed by atoms with Crippen LogP contribution in [0.25, 0.3) is 0 Å². The molecule has 0 saturated carbocycles. The molecule has 4 heterocycles. The van der Waals surface area contributed by atoms with Crippen LogP contribution in [0.15, 0.2) is 48.5 Å². The van der Waals surface area contributed by atoms with Gasteiger partial charge in [-0.1, -0.05) is 24.3 Å². The Morgan fingerprint density at radius 1 is 0.661 bits per heavy atom. The molecule has 0 aromatic heterocycles. The van der Waals surface area contributed by atoms with Crippen LogP contribution in [-0.4, -0.2) is 118 Å². The van der Waals surface area contributed by atoms with Gasteiger partial charge in [-0.05, 0) is 124 Å². The largest absolute Gasteiger partial charge is 0.508 e. The number of phenols is 1. The molecule has 8 atom stereocenters. The number of ether oxygens (including phenoxy) is 3. The van der Waals surface area contributed by atoms with Gasteiger partial charge in [0.2, 0.25) is 23.6 Å². The number of fused-ring (bicyclic) bond motifs is 2. The maximum absolute atomic E-state index is 14.4. The highest BCUT2D eigenvalue weighted by Crippen LogP contribution is 2.36. The zero-order valence-corrected chi connectivity index (χ0v) is 35.6. The average Bonchev–Trinajstić information content (AvgIpc) is 3.51. The third kappa shape index (κ3) is 10.8. The molecule has 1 unspecified atom stereocenters. The van der Waals surface area contributed by atoms with E-state index >= 15 is 0 Å². The van der Waals surface area contributed by atoms with E-state index in [1.165, 1.54) is 14.2 Å². The maximum atomic E-state index is 14.4. The summed E-state index contributed by atoms with van der Waals surface area (Å²) in [5.41, 5.74) is 1.66. The predicted molar refractivity (Wildman–Crippen MR) is 223 cm³/mol. The predicted octanol–water partition coefficient (Wildman–Crippen LogP) is 4.20. The molecule has 4 aliphatic heterocycles. The minimum atomic E-state index is -0.850. The second-order valence-corrected chi connectivity index (χ2v) is 18.2. The molecule has 2 aromatic rings. The number of piperidine rings is 2. The minimum absolute atomic E-state index is 0.0871. The van der Waals surface area contributed by atoms with Crippen LogP contribution in [-0.2, 0) is 51.1 Å². The Bertz CT molecular complexity index is 1810. The first kappa shape index (κ1) is 44.1. The van der Waals surface area contributed by atoms with Crippen molar-refractivity contribution in [2.45, 2.75) is 112 Å². The lowest BCUT2D eigenvalue weighted by molar-refractivity contribution is -0.156. The van der Waals surface area contributed by atoms with E-state index < -0.39 is 47.9 Å². The van der Waals surface area contributed by atoms with Crippen molar-refractivity contribution in [3.8, 4) is 11.5 Å². The third-order valence-corrected chi connectivity index (χ3v) is 14.6. The van der Waals surface area contributed by atoms with Crippen LogP contribution >= 0.6 is 23.5 Å². The number of amides is 4. The molecule has 6 rings (SSSR count). The molecular weight excluding hydrogens is 797 g/mol. The highest BCUT2D eigenvalue weighted by Gasteiger charge is 2.45. The van der Waals surface area contributed by atoms with E-state index in [-0.39, 0.29) is 59.4 Å². The topological polar surface area (TPSA) is 181 Å². The molecule has 0 bridgehead atoms. The Morgan fingerprint density at radius 2 is 1.08 bits per heavy atom. The number of nitrogens with one attached hydrogen (secondary N) is 2. The number of esters is 2. The van der Waals surface area contributed by atoms with Gasteiger partial charge in [0, 0.05) is 11.8 Å². The standard InChI is InChI=1S/C43H56N4O10S2/c1-55-31-18-12-27(13-19-31)25-29(39(50)45-33-21-23-59-37-9-5-7-35(43(54)57-3)47(37)41(33)52)15-14-28(24-26-10-16-30(48)17-11-26)38(49)44-32-20-22-58-36-8-4-6-34(42(53)56-2)46(36)40(32)51/h10-13,16-19,28-29,32-37,48H,4-9,14-15,20-25H2,1-3H3,(H,44,49)(H,45,50)/t28-,29-,32+,33+,34+,35+,36+,37?/m1/s1. The Morgan fingerprint density at radius 3 is 1.49 bits per heavy atom. The molecule has 14 nitrogen and oxygen atoms in total. The van der Waals surface area contributed by atoms with Gasteiger partial charge in [0.15, 0.2) is 0 Å². The molecule has 4 saturated heterocycles. The molecule has 2 aromatic carbocycles. The van der Waals surface area contributed by atoms with Gasteiger partial charge in [-0.3, -0.25) is 19.2 Å². The van der Waals surface area contributed by atoms with Gasteiger partial charge >= 0.3 is 11.9 Å². The fourth-order valence-electron chi connectivity index (χ4n) is 8.70. The van der Waals surface area contributed by atoms with Gasteiger partial charge in [0.1, 0.15) is 35.7 Å². The van der Waals surface area contributed by atoms with Crippen molar-refractivity contribution in [2.24, 2.45) is 11.8 Å². The van der Waals surface area contributed by atoms with Crippen molar-refractivity contribution in [2.75, 3.05) is 32.8 Å². The number of phenolic OH excluding ortho intramolecular Hbond substituents is 1. The summed E-state index contributed by atoms with van der Waals surface area (Å²) in [6, 6.07) is 10.9. The second-order valence-electron chi connectivity index (χ2n) is 15.7. The average molecular weight is 853 g/mol. The van der Waals surface area contributed by atoms with Gasteiger partial charge < -0.3 is 39.8 Å². The van der Waals surface area contributed by atoms with Crippen LogP contribution in [0, 0.1) is 11.8 Å². The Labute approximate surface area is 354 Å². The maximum Gasteiger partial charge on any atom is 0.328 e. The summed E-state index contributed by atoms with van der Waals surface area (Å²) < 4.78 is 15.5. The molecule has 3 N–H and O–H groups in total. The SMILES string of the molecule is COC(=O)[C@@H]1CCCC2SCC[C@H](NC(=O)[C@H](CC[C@H](Cc3ccc(O)cc3)C(=O)N[C@H]3CCS[C@H]4CCC[C@@H](C(=O)OC)N4C3=O)Cc3ccc(OC)cc3)C(=O)N21. The van der Waals surface area contributed by atoms with Crippen molar-refractivity contribution < 1.29 is 48.1 Å². The van der Waals surface area contributed by atoms with Crippen molar-refractivity contribution >= 4 is 59.1 Å². The van der Waals surface area contributed by atoms with E-state index in [2.05, 4.69) is 10.6 Å². The lowest BCUT2D eigenvalue weighted by atomic mass is 9.86. The van der Waals surface area contributed by atoms with Gasteiger partial charge in [0.05, 0.1) is 32.1 Å². The third-order valence-electron chi connectivity index (χ3n) is 11.9. The summed E-state index contributed by atoms with van der Waals surface area (Å²) in [6.07, 6.45) is 6.01. The molecule has 4 aliphatic rings. The van der Waals surface area contributed by atoms with Crippen LogP contribution in [0.4, 0.5) is 0 Å². The molecule has 4 amide bonds. The summed E-state index contributed by atoms with van der Waals surface area (Å²) >= 11 is 3.23. The molecular formula is C43H56N4O10S2. The molecule has 0 aliphatic carbocycles. The molecule has 0 radical (unpaired) electrons. The Kier molecular flexibility index (Phi) is 15.5. The van der Waals surface area contributed by atoms with E-state index in [4.69, 9.17) is 14.2 Å². The molecule has 320 valence electrons. The van der Waals surface area contributed by atoms with Crippen LogP contribution in [0.3, 0.4) is 0 Å². The monoisotopic (exact) mass is 852 g/mol. The minimum Gasteiger partial charge on any atom is -0.508 e.